The van der Waals surface area contributed by atoms with E-state index in [1.54, 1.807) is 0 Å². The van der Waals surface area contributed by atoms with Crippen molar-refractivity contribution >= 4 is 0 Å². The first-order chi connectivity index (χ1) is 8.10. The summed E-state index contributed by atoms with van der Waals surface area (Å²) in [6.45, 7) is 11.6. The van der Waals surface area contributed by atoms with E-state index in [4.69, 9.17) is 4.74 Å². The van der Waals surface area contributed by atoms with Gasteiger partial charge in [0.1, 0.15) is 5.75 Å². The Morgan fingerprint density at radius 1 is 1.12 bits per heavy atom. The maximum Gasteiger partial charge on any atom is 0.119 e. The van der Waals surface area contributed by atoms with Gasteiger partial charge < -0.3 is 10.1 Å². The first-order valence-electron chi connectivity index (χ1n) is 6.54. The molecule has 0 aliphatic heterocycles. The van der Waals surface area contributed by atoms with E-state index in [1.165, 1.54) is 5.56 Å². The Morgan fingerprint density at radius 3 is 2.29 bits per heavy atom. The van der Waals surface area contributed by atoms with E-state index in [2.05, 4.69) is 50.4 Å². The topological polar surface area (TPSA) is 21.3 Å². The van der Waals surface area contributed by atoms with E-state index in [0.29, 0.717) is 0 Å². The van der Waals surface area contributed by atoms with Gasteiger partial charge in [0.15, 0.2) is 0 Å². The summed E-state index contributed by atoms with van der Waals surface area (Å²) in [5.74, 6) is 0.957. The molecular formula is C15H25NO. The van der Waals surface area contributed by atoms with E-state index in [9.17, 15) is 0 Å². The van der Waals surface area contributed by atoms with Crippen LogP contribution in [-0.2, 0) is 5.41 Å². The maximum absolute atomic E-state index is 5.46. The molecule has 0 aliphatic carbocycles. The lowest BCUT2D eigenvalue weighted by molar-refractivity contribution is 0.340. The highest BCUT2D eigenvalue weighted by Gasteiger charge is 2.19. The van der Waals surface area contributed by atoms with Crippen molar-refractivity contribution in [1.29, 1.82) is 0 Å². The van der Waals surface area contributed by atoms with E-state index in [0.717, 1.165) is 31.9 Å². The van der Waals surface area contributed by atoms with E-state index in [1.807, 2.05) is 6.92 Å². The molecule has 0 amide bonds. The molecule has 2 heteroatoms. The molecule has 2 nitrogen and oxygen atoms in total. The minimum absolute atomic E-state index is 0.215. The predicted molar refractivity (Wildman–Crippen MR) is 73.8 cm³/mol. The van der Waals surface area contributed by atoms with E-state index in [-0.39, 0.29) is 5.41 Å². The van der Waals surface area contributed by atoms with Crippen LogP contribution in [0.15, 0.2) is 24.3 Å². The molecule has 1 aromatic carbocycles. The Balaban J connectivity index is 2.63. The number of nitrogens with one attached hydrogen (secondary N) is 1. The molecule has 0 unspecified atom stereocenters. The minimum atomic E-state index is 0.215. The molecule has 1 N–H and O–H groups in total. The first-order valence-corrected chi connectivity index (χ1v) is 6.54. The Bertz CT molecular complexity index is 316. The van der Waals surface area contributed by atoms with Crippen LogP contribution in [0.2, 0.25) is 0 Å². The van der Waals surface area contributed by atoms with Crippen molar-refractivity contribution in [2.24, 2.45) is 0 Å². The van der Waals surface area contributed by atoms with Gasteiger partial charge in [0, 0.05) is 0 Å². The van der Waals surface area contributed by atoms with Crippen molar-refractivity contribution < 1.29 is 4.74 Å². The Labute approximate surface area is 105 Å². The highest BCUT2D eigenvalue weighted by atomic mass is 16.5. The van der Waals surface area contributed by atoms with Crippen LogP contribution in [0, 0.1) is 0 Å². The summed E-state index contributed by atoms with van der Waals surface area (Å²) in [7, 11) is 0. The van der Waals surface area contributed by atoms with Gasteiger partial charge in [0.2, 0.25) is 0 Å². The number of benzene rings is 1. The molecule has 1 rings (SSSR count). The van der Waals surface area contributed by atoms with Crippen molar-refractivity contribution in [2.45, 2.75) is 39.5 Å². The molecule has 0 bridgehead atoms. The highest BCUT2D eigenvalue weighted by molar-refractivity contribution is 5.31. The molecule has 0 aliphatic rings. The second-order valence-corrected chi connectivity index (χ2v) is 4.94. The fourth-order valence-corrected chi connectivity index (χ4v) is 1.89. The van der Waals surface area contributed by atoms with Crippen LogP contribution in [0.1, 0.15) is 39.7 Å². The predicted octanol–water partition coefficient (Wildman–Crippen LogP) is 3.36. The zero-order valence-electron chi connectivity index (χ0n) is 11.5. The standard InChI is InChI=1S/C15H25NO/c1-5-16-12-11-15(3,4)13-7-9-14(10-8-13)17-6-2/h7-10,16H,5-6,11-12H2,1-4H3. The van der Waals surface area contributed by atoms with Crippen LogP contribution in [0.5, 0.6) is 5.75 Å². The third kappa shape index (κ3) is 4.39. The normalized spacial score (nSPS) is 11.5. The lowest BCUT2D eigenvalue weighted by Crippen LogP contribution is -2.25. The number of hydrogen-bond donors (Lipinski definition) is 1. The maximum atomic E-state index is 5.46. The zero-order valence-corrected chi connectivity index (χ0v) is 11.5. The third-order valence-corrected chi connectivity index (χ3v) is 3.12. The average Bonchev–Trinajstić information content (AvgIpc) is 2.30. The van der Waals surface area contributed by atoms with Crippen LogP contribution in [0.4, 0.5) is 0 Å². The molecule has 0 saturated carbocycles. The largest absolute Gasteiger partial charge is 0.494 e. The van der Waals surface area contributed by atoms with Crippen LogP contribution in [0.25, 0.3) is 0 Å². The Morgan fingerprint density at radius 2 is 1.76 bits per heavy atom. The number of rotatable bonds is 7. The molecule has 0 aromatic heterocycles. The van der Waals surface area contributed by atoms with Gasteiger partial charge >= 0.3 is 0 Å². The summed E-state index contributed by atoms with van der Waals surface area (Å²) in [5.41, 5.74) is 1.59. The second-order valence-electron chi connectivity index (χ2n) is 4.94. The van der Waals surface area contributed by atoms with Crippen LogP contribution in [-0.4, -0.2) is 19.7 Å². The zero-order chi connectivity index (χ0) is 12.7. The molecule has 0 spiro atoms. The lowest BCUT2D eigenvalue weighted by Gasteiger charge is -2.25. The fourth-order valence-electron chi connectivity index (χ4n) is 1.89. The Kier molecular flexibility index (Phi) is 5.49. The minimum Gasteiger partial charge on any atom is -0.494 e. The highest BCUT2D eigenvalue weighted by Crippen LogP contribution is 2.28. The quantitative estimate of drug-likeness (QED) is 0.732. The molecule has 0 fully saturated rings. The summed E-state index contributed by atoms with van der Waals surface area (Å²) >= 11 is 0. The SMILES string of the molecule is CCNCCC(C)(C)c1ccc(OCC)cc1. The van der Waals surface area contributed by atoms with Crippen LogP contribution >= 0.6 is 0 Å². The van der Waals surface area contributed by atoms with Crippen molar-refractivity contribution in [1.82, 2.24) is 5.32 Å². The van der Waals surface area contributed by atoms with E-state index < -0.39 is 0 Å². The van der Waals surface area contributed by atoms with Crippen molar-refractivity contribution in [3.05, 3.63) is 29.8 Å². The van der Waals surface area contributed by atoms with Crippen LogP contribution < -0.4 is 10.1 Å². The Hall–Kier alpha value is -1.02. The van der Waals surface area contributed by atoms with Gasteiger partial charge in [-0.05, 0) is 49.5 Å². The van der Waals surface area contributed by atoms with Crippen molar-refractivity contribution in [3.63, 3.8) is 0 Å². The molecule has 1 aromatic rings. The van der Waals surface area contributed by atoms with Crippen molar-refractivity contribution in [2.75, 3.05) is 19.7 Å². The molecule has 17 heavy (non-hydrogen) atoms. The number of ether oxygens (including phenoxy) is 1. The van der Waals surface area contributed by atoms with Gasteiger partial charge in [0.05, 0.1) is 6.61 Å². The van der Waals surface area contributed by atoms with Crippen LogP contribution in [0.3, 0.4) is 0 Å². The number of hydrogen-bond acceptors (Lipinski definition) is 2. The molecule has 0 atom stereocenters. The summed E-state index contributed by atoms with van der Waals surface area (Å²) < 4.78 is 5.46. The fraction of sp³-hybridized carbons (Fsp3) is 0.600. The molecule has 0 heterocycles. The first kappa shape index (κ1) is 14.0. The summed E-state index contributed by atoms with van der Waals surface area (Å²) in [5, 5.41) is 3.38. The average molecular weight is 235 g/mol. The van der Waals surface area contributed by atoms with Gasteiger partial charge in [-0.15, -0.1) is 0 Å². The molecule has 0 radical (unpaired) electrons. The van der Waals surface area contributed by atoms with Gasteiger partial charge in [-0.3, -0.25) is 0 Å². The lowest BCUT2D eigenvalue weighted by atomic mass is 9.81. The molecule has 96 valence electrons. The summed E-state index contributed by atoms with van der Waals surface area (Å²) in [6, 6.07) is 8.48. The smallest absolute Gasteiger partial charge is 0.119 e. The van der Waals surface area contributed by atoms with Crippen molar-refractivity contribution in [3.8, 4) is 5.75 Å². The summed E-state index contributed by atoms with van der Waals surface area (Å²) in [4.78, 5) is 0. The molecular weight excluding hydrogens is 210 g/mol. The third-order valence-electron chi connectivity index (χ3n) is 3.12. The van der Waals surface area contributed by atoms with E-state index >= 15 is 0 Å². The summed E-state index contributed by atoms with van der Waals surface area (Å²) in [6.07, 6.45) is 1.15. The van der Waals surface area contributed by atoms with Gasteiger partial charge in [-0.2, -0.15) is 0 Å². The van der Waals surface area contributed by atoms with Gasteiger partial charge in [0.25, 0.3) is 0 Å². The molecule has 0 saturated heterocycles. The second kappa shape index (κ2) is 6.65. The van der Waals surface area contributed by atoms with Gasteiger partial charge in [-0.25, -0.2) is 0 Å². The van der Waals surface area contributed by atoms with Gasteiger partial charge in [-0.1, -0.05) is 32.9 Å². The monoisotopic (exact) mass is 235 g/mol.